The molecule has 0 fully saturated rings. The highest BCUT2D eigenvalue weighted by atomic mass is 16.5. The predicted molar refractivity (Wildman–Crippen MR) is 115 cm³/mol. The maximum atomic E-state index is 12.4. The molecule has 0 radical (unpaired) electrons. The molecule has 0 aliphatic heterocycles. The van der Waals surface area contributed by atoms with Crippen molar-refractivity contribution < 1.29 is 19.0 Å². The number of para-hydroxylation sites is 1. The second kappa shape index (κ2) is 8.66. The van der Waals surface area contributed by atoms with Gasteiger partial charge in [-0.05, 0) is 42.8 Å². The third kappa shape index (κ3) is 4.10. The Labute approximate surface area is 174 Å². The number of carbonyl (C=O) groups is 1. The number of pyridine rings is 1. The zero-order valence-corrected chi connectivity index (χ0v) is 16.8. The Bertz CT molecular complexity index is 1170. The molecule has 0 atom stereocenters. The molecule has 30 heavy (non-hydrogen) atoms. The van der Waals surface area contributed by atoms with Crippen LogP contribution in [0.15, 0.2) is 78.9 Å². The zero-order chi connectivity index (χ0) is 20.9. The van der Waals surface area contributed by atoms with Gasteiger partial charge in [0.1, 0.15) is 18.1 Å². The minimum Gasteiger partial charge on any atom is -0.486 e. The Morgan fingerprint density at radius 1 is 0.867 bits per heavy atom. The van der Waals surface area contributed by atoms with Gasteiger partial charge in [0.15, 0.2) is 11.4 Å². The van der Waals surface area contributed by atoms with E-state index in [1.807, 2.05) is 85.8 Å². The van der Waals surface area contributed by atoms with Gasteiger partial charge in [-0.25, -0.2) is 9.78 Å². The fourth-order valence-corrected chi connectivity index (χ4v) is 3.23. The first kappa shape index (κ1) is 19.5. The summed E-state index contributed by atoms with van der Waals surface area (Å²) in [4.78, 5) is 16.8. The molecule has 0 N–H and O–H groups in total. The van der Waals surface area contributed by atoms with Crippen LogP contribution in [0.1, 0.15) is 21.7 Å². The van der Waals surface area contributed by atoms with E-state index in [1.54, 1.807) is 0 Å². The SMILES string of the molecule is COC(=O)c1nc(C)c2cc(Oc3ccccc3)ccc2c1OCc1ccccc1. The number of hydrogen-bond donors (Lipinski definition) is 0. The lowest BCUT2D eigenvalue weighted by atomic mass is 10.1. The summed E-state index contributed by atoms with van der Waals surface area (Å²) < 4.78 is 16.9. The fourth-order valence-electron chi connectivity index (χ4n) is 3.23. The van der Waals surface area contributed by atoms with Crippen LogP contribution in [0, 0.1) is 6.92 Å². The third-order valence-corrected chi connectivity index (χ3v) is 4.70. The van der Waals surface area contributed by atoms with Crippen LogP contribution < -0.4 is 9.47 Å². The molecule has 5 nitrogen and oxygen atoms in total. The van der Waals surface area contributed by atoms with Crippen LogP contribution >= 0.6 is 0 Å². The van der Waals surface area contributed by atoms with E-state index in [4.69, 9.17) is 14.2 Å². The minimum absolute atomic E-state index is 0.162. The van der Waals surface area contributed by atoms with E-state index in [1.165, 1.54) is 7.11 Å². The lowest BCUT2D eigenvalue weighted by molar-refractivity contribution is 0.0588. The number of benzene rings is 3. The Morgan fingerprint density at radius 2 is 1.57 bits per heavy atom. The van der Waals surface area contributed by atoms with E-state index in [-0.39, 0.29) is 5.69 Å². The molecule has 0 unspecified atom stereocenters. The van der Waals surface area contributed by atoms with Gasteiger partial charge in [0.25, 0.3) is 0 Å². The Kier molecular flexibility index (Phi) is 5.61. The topological polar surface area (TPSA) is 57.7 Å². The van der Waals surface area contributed by atoms with Crippen molar-refractivity contribution in [3.63, 3.8) is 0 Å². The molecule has 3 aromatic carbocycles. The quantitative estimate of drug-likeness (QED) is 0.389. The van der Waals surface area contributed by atoms with Crippen LogP contribution in [0.25, 0.3) is 10.8 Å². The molecule has 0 aliphatic rings. The summed E-state index contributed by atoms with van der Waals surface area (Å²) in [7, 11) is 1.33. The van der Waals surface area contributed by atoms with Gasteiger partial charge in [-0.1, -0.05) is 48.5 Å². The molecule has 1 heterocycles. The van der Waals surface area contributed by atoms with Gasteiger partial charge in [-0.3, -0.25) is 0 Å². The summed E-state index contributed by atoms with van der Waals surface area (Å²) in [6.45, 7) is 2.16. The van der Waals surface area contributed by atoms with Gasteiger partial charge in [-0.2, -0.15) is 0 Å². The first-order valence-electron chi connectivity index (χ1n) is 9.58. The van der Waals surface area contributed by atoms with Crippen molar-refractivity contribution in [1.82, 2.24) is 4.98 Å². The second-order valence-electron chi connectivity index (χ2n) is 6.76. The van der Waals surface area contributed by atoms with Gasteiger partial charge in [0.05, 0.1) is 7.11 Å². The monoisotopic (exact) mass is 399 g/mol. The maximum Gasteiger partial charge on any atom is 0.360 e. The number of fused-ring (bicyclic) bond motifs is 1. The molecule has 0 saturated carbocycles. The summed E-state index contributed by atoms with van der Waals surface area (Å²) in [6, 6.07) is 25.0. The van der Waals surface area contributed by atoms with Crippen LogP contribution in [-0.2, 0) is 11.3 Å². The van der Waals surface area contributed by atoms with Gasteiger partial charge in [-0.15, -0.1) is 0 Å². The second-order valence-corrected chi connectivity index (χ2v) is 6.76. The van der Waals surface area contributed by atoms with Crippen molar-refractivity contribution in [1.29, 1.82) is 0 Å². The molecule has 4 rings (SSSR count). The number of esters is 1. The third-order valence-electron chi connectivity index (χ3n) is 4.70. The highest BCUT2D eigenvalue weighted by Crippen LogP contribution is 2.35. The number of rotatable bonds is 6. The number of nitrogens with zero attached hydrogens (tertiary/aromatic N) is 1. The number of hydrogen-bond acceptors (Lipinski definition) is 5. The van der Waals surface area contributed by atoms with Gasteiger partial charge in [0, 0.05) is 16.5 Å². The molecule has 5 heteroatoms. The van der Waals surface area contributed by atoms with Crippen molar-refractivity contribution >= 4 is 16.7 Å². The molecule has 0 amide bonds. The van der Waals surface area contributed by atoms with Crippen molar-refractivity contribution in [2.24, 2.45) is 0 Å². The number of methoxy groups -OCH3 is 1. The summed E-state index contributed by atoms with van der Waals surface area (Å²) in [5.41, 5.74) is 1.84. The average Bonchev–Trinajstić information content (AvgIpc) is 2.79. The molecular formula is C25H21NO4. The normalized spacial score (nSPS) is 10.6. The number of ether oxygens (including phenoxy) is 3. The van der Waals surface area contributed by atoms with Crippen LogP contribution in [0.2, 0.25) is 0 Å². The summed E-state index contributed by atoms with van der Waals surface area (Å²) in [5.74, 6) is 1.29. The van der Waals surface area contributed by atoms with Gasteiger partial charge in [0.2, 0.25) is 0 Å². The van der Waals surface area contributed by atoms with Gasteiger partial charge < -0.3 is 14.2 Å². The Morgan fingerprint density at radius 3 is 2.27 bits per heavy atom. The fraction of sp³-hybridized carbons (Fsp3) is 0.120. The van der Waals surface area contributed by atoms with E-state index < -0.39 is 5.97 Å². The van der Waals surface area contributed by atoms with Crippen LogP contribution in [0.5, 0.6) is 17.2 Å². The standard InChI is InChI=1S/C25H21NO4/c1-17-22-15-20(30-19-11-7-4-8-12-19)13-14-21(22)24(23(26-17)25(27)28-2)29-16-18-9-5-3-6-10-18/h3-15H,16H2,1-2H3. The van der Waals surface area contributed by atoms with Crippen molar-refractivity contribution in [2.75, 3.05) is 7.11 Å². The van der Waals surface area contributed by atoms with Crippen molar-refractivity contribution in [3.05, 3.63) is 95.8 Å². The smallest absolute Gasteiger partial charge is 0.360 e. The highest BCUT2D eigenvalue weighted by molar-refractivity contribution is 6.00. The largest absolute Gasteiger partial charge is 0.486 e. The Hall–Kier alpha value is -3.86. The molecule has 1 aromatic heterocycles. The summed E-state index contributed by atoms with van der Waals surface area (Å²) >= 11 is 0. The number of aromatic nitrogens is 1. The highest BCUT2D eigenvalue weighted by Gasteiger charge is 2.21. The molecular weight excluding hydrogens is 378 g/mol. The van der Waals surface area contributed by atoms with Crippen LogP contribution in [-0.4, -0.2) is 18.1 Å². The first-order valence-corrected chi connectivity index (χ1v) is 9.58. The Balaban J connectivity index is 1.75. The van der Waals surface area contributed by atoms with Gasteiger partial charge >= 0.3 is 5.97 Å². The number of aryl methyl sites for hydroxylation is 1. The van der Waals surface area contributed by atoms with E-state index in [0.717, 1.165) is 22.1 Å². The number of carbonyl (C=O) groups excluding carboxylic acids is 1. The maximum absolute atomic E-state index is 12.4. The van der Waals surface area contributed by atoms with Crippen LogP contribution in [0.4, 0.5) is 0 Å². The van der Waals surface area contributed by atoms with Crippen molar-refractivity contribution in [2.45, 2.75) is 13.5 Å². The summed E-state index contributed by atoms with van der Waals surface area (Å²) in [5, 5.41) is 1.62. The first-order chi connectivity index (χ1) is 14.7. The minimum atomic E-state index is -0.535. The van der Waals surface area contributed by atoms with E-state index in [2.05, 4.69) is 4.98 Å². The lowest BCUT2D eigenvalue weighted by Gasteiger charge is -2.15. The zero-order valence-electron chi connectivity index (χ0n) is 16.8. The molecule has 4 aromatic rings. The predicted octanol–water partition coefficient (Wildman–Crippen LogP) is 5.70. The molecule has 0 saturated heterocycles. The van der Waals surface area contributed by atoms with Crippen LogP contribution in [0.3, 0.4) is 0 Å². The lowest BCUT2D eigenvalue weighted by Crippen LogP contribution is -2.10. The summed E-state index contributed by atoms with van der Waals surface area (Å²) in [6.07, 6.45) is 0. The molecule has 0 aliphatic carbocycles. The van der Waals surface area contributed by atoms with Crippen molar-refractivity contribution in [3.8, 4) is 17.2 Å². The average molecular weight is 399 g/mol. The molecule has 150 valence electrons. The van der Waals surface area contributed by atoms with E-state index in [9.17, 15) is 4.79 Å². The molecule has 0 spiro atoms. The van der Waals surface area contributed by atoms with E-state index >= 15 is 0 Å². The molecule has 0 bridgehead atoms. The van der Waals surface area contributed by atoms with E-state index in [0.29, 0.717) is 23.8 Å².